The van der Waals surface area contributed by atoms with E-state index in [1.807, 2.05) is 54.8 Å². The topological polar surface area (TPSA) is 52.0 Å². The molecule has 0 unspecified atom stereocenters. The molecule has 4 aromatic rings. The Morgan fingerprint density at radius 1 is 1.06 bits per heavy atom. The van der Waals surface area contributed by atoms with Gasteiger partial charge in [0.1, 0.15) is 23.7 Å². The van der Waals surface area contributed by atoms with Gasteiger partial charge in [0.05, 0.1) is 5.70 Å². The molecule has 8 heteroatoms. The molecule has 0 amide bonds. The van der Waals surface area contributed by atoms with Crippen molar-refractivity contribution < 1.29 is 9.13 Å². The van der Waals surface area contributed by atoms with Crippen LogP contribution < -0.4 is 10.1 Å². The van der Waals surface area contributed by atoms with E-state index in [1.165, 1.54) is 17.8 Å². The Morgan fingerprint density at radius 3 is 2.64 bits per heavy atom. The lowest BCUT2D eigenvalue weighted by molar-refractivity contribution is 0.222. The molecule has 2 atom stereocenters. The summed E-state index contributed by atoms with van der Waals surface area (Å²) in [5.74, 6) is 0.933. The lowest BCUT2D eigenvalue weighted by Crippen LogP contribution is -2.32. The van der Waals surface area contributed by atoms with Crippen LogP contribution in [0.3, 0.4) is 0 Å². The largest absolute Gasteiger partial charge is 0.480 e. The van der Waals surface area contributed by atoms with Crippen LogP contribution in [0.5, 0.6) is 5.75 Å². The smallest absolute Gasteiger partial charge is 0.227 e. The van der Waals surface area contributed by atoms with E-state index in [0.717, 1.165) is 22.4 Å². The average molecular weight is 477 g/mol. The van der Waals surface area contributed by atoms with Gasteiger partial charge in [0.15, 0.2) is 0 Å². The van der Waals surface area contributed by atoms with Gasteiger partial charge in [-0.15, -0.1) is 5.10 Å². The Bertz CT molecular complexity index is 1400. The molecule has 0 fully saturated rings. The molecule has 0 saturated carbocycles. The third-order valence-corrected chi connectivity index (χ3v) is 6.67. The fraction of sp³-hybridized carbons (Fsp3) is 0.120. The van der Waals surface area contributed by atoms with Crippen molar-refractivity contribution in [2.24, 2.45) is 0 Å². The summed E-state index contributed by atoms with van der Waals surface area (Å²) < 4.78 is 23.5. The highest BCUT2D eigenvalue weighted by atomic mass is 35.5. The SMILES string of the molecule is CSc1nc2n(n1)[C@@H](c1ccccc1F)C1=C(N2)c2cc(Cl)ccc2O[C@H]1c1ccccc1. The molecular formula is C25H18ClFN4OS. The molecular weight excluding hydrogens is 459 g/mol. The van der Waals surface area contributed by atoms with Crippen LogP contribution in [0.2, 0.25) is 5.02 Å². The van der Waals surface area contributed by atoms with E-state index in [2.05, 4.69) is 15.4 Å². The molecule has 164 valence electrons. The number of anilines is 1. The maximum absolute atomic E-state index is 15.2. The molecule has 5 nitrogen and oxygen atoms in total. The predicted molar refractivity (Wildman–Crippen MR) is 128 cm³/mol. The Hall–Kier alpha value is -3.29. The predicted octanol–water partition coefficient (Wildman–Crippen LogP) is 6.35. The van der Waals surface area contributed by atoms with Crippen molar-refractivity contribution in [1.82, 2.24) is 14.8 Å². The summed E-state index contributed by atoms with van der Waals surface area (Å²) in [6.45, 7) is 0. The molecule has 0 aliphatic carbocycles. The fourth-order valence-corrected chi connectivity index (χ4v) is 4.99. The third-order valence-electron chi connectivity index (χ3n) is 5.90. The van der Waals surface area contributed by atoms with Gasteiger partial charge in [-0.3, -0.25) is 0 Å². The highest BCUT2D eigenvalue weighted by molar-refractivity contribution is 7.98. The zero-order valence-corrected chi connectivity index (χ0v) is 19.1. The van der Waals surface area contributed by atoms with Crippen LogP contribution >= 0.6 is 23.4 Å². The van der Waals surface area contributed by atoms with Crippen LogP contribution in [0.1, 0.15) is 28.8 Å². The average Bonchev–Trinajstić information content (AvgIpc) is 3.26. The Morgan fingerprint density at radius 2 is 1.85 bits per heavy atom. The number of nitrogens with one attached hydrogen (secondary N) is 1. The van der Waals surface area contributed by atoms with Gasteiger partial charge < -0.3 is 10.1 Å². The maximum atomic E-state index is 15.2. The van der Waals surface area contributed by atoms with Crippen LogP contribution in [0.4, 0.5) is 10.3 Å². The minimum absolute atomic E-state index is 0.313. The van der Waals surface area contributed by atoms with E-state index in [9.17, 15) is 0 Å². The number of nitrogens with zero attached hydrogens (tertiary/aromatic N) is 3. The first-order valence-electron chi connectivity index (χ1n) is 10.4. The first kappa shape index (κ1) is 20.3. The normalized spacial score (nSPS) is 18.6. The summed E-state index contributed by atoms with van der Waals surface area (Å²) in [4.78, 5) is 4.63. The molecule has 3 aromatic carbocycles. The highest BCUT2D eigenvalue weighted by Crippen LogP contribution is 2.51. The molecule has 33 heavy (non-hydrogen) atoms. The van der Waals surface area contributed by atoms with Crippen molar-refractivity contribution in [3.63, 3.8) is 0 Å². The van der Waals surface area contributed by atoms with Crippen molar-refractivity contribution >= 4 is 35.0 Å². The zero-order valence-electron chi connectivity index (χ0n) is 17.5. The Labute approximate surface area is 199 Å². The van der Waals surface area contributed by atoms with Gasteiger partial charge >= 0.3 is 0 Å². The molecule has 3 heterocycles. The number of halogens is 2. The van der Waals surface area contributed by atoms with Gasteiger partial charge in [-0.1, -0.05) is 71.9 Å². The lowest BCUT2D eigenvalue weighted by atomic mass is 9.84. The van der Waals surface area contributed by atoms with E-state index in [1.54, 1.807) is 22.9 Å². The number of fused-ring (bicyclic) bond motifs is 3. The molecule has 0 bridgehead atoms. The first-order chi connectivity index (χ1) is 16.1. The number of rotatable bonds is 3. The first-order valence-corrected chi connectivity index (χ1v) is 12.0. The van der Waals surface area contributed by atoms with Crippen molar-refractivity contribution in [3.05, 3.63) is 106 Å². The van der Waals surface area contributed by atoms with Gasteiger partial charge in [0, 0.05) is 21.7 Å². The number of benzene rings is 3. The third kappa shape index (κ3) is 3.31. The lowest BCUT2D eigenvalue weighted by Gasteiger charge is -2.39. The summed E-state index contributed by atoms with van der Waals surface area (Å²) in [5.41, 5.74) is 3.94. The summed E-state index contributed by atoms with van der Waals surface area (Å²) >= 11 is 7.80. The second kappa shape index (κ2) is 7.93. The van der Waals surface area contributed by atoms with Crippen LogP contribution in [0, 0.1) is 5.82 Å². The summed E-state index contributed by atoms with van der Waals surface area (Å²) in [6, 6.07) is 21.7. The second-order valence-electron chi connectivity index (χ2n) is 7.80. The monoisotopic (exact) mass is 476 g/mol. The Balaban J connectivity index is 1.67. The maximum Gasteiger partial charge on any atom is 0.227 e. The molecule has 2 aliphatic rings. The van der Waals surface area contributed by atoms with Crippen LogP contribution in [-0.4, -0.2) is 21.0 Å². The Kier molecular flexibility index (Phi) is 4.89. The second-order valence-corrected chi connectivity index (χ2v) is 9.00. The number of ether oxygens (including phenoxy) is 1. The number of thioether (sulfide) groups is 1. The quantitative estimate of drug-likeness (QED) is 0.349. The summed E-state index contributed by atoms with van der Waals surface area (Å²) in [7, 11) is 0. The van der Waals surface area contributed by atoms with Crippen molar-refractivity contribution in [1.29, 1.82) is 0 Å². The number of hydrogen-bond donors (Lipinski definition) is 1. The van der Waals surface area contributed by atoms with Crippen LogP contribution in [0.25, 0.3) is 5.70 Å². The van der Waals surface area contributed by atoms with E-state index >= 15 is 4.39 Å². The van der Waals surface area contributed by atoms with Gasteiger partial charge in [0.2, 0.25) is 11.1 Å². The molecule has 0 spiro atoms. The molecule has 6 rings (SSSR count). The number of hydrogen-bond acceptors (Lipinski definition) is 5. The van der Waals surface area contributed by atoms with E-state index in [-0.39, 0.29) is 5.82 Å². The van der Waals surface area contributed by atoms with E-state index < -0.39 is 12.1 Å². The van der Waals surface area contributed by atoms with E-state index in [4.69, 9.17) is 16.3 Å². The van der Waals surface area contributed by atoms with Crippen LogP contribution in [0.15, 0.2) is 83.5 Å². The minimum Gasteiger partial charge on any atom is -0.480 e. The minimum atomic E-state index is -0.553. The molecule has 0 saturated heterocycles. The molecule has 1 N–H and O–H groups in total. The molecule has 0 radical (unpaired) electrons. The van der Waals surface area contributed by atoms with Crippen LogP contribution in [-0.2, 0) is 0 Å². The van der Waals surface area contributed by atoms with Gasteiger partial charge in [-0.25, -0.2) is 9.07 Å². The fourth-order valence-electron chi connectivity index (χ4n) is 4.47. The standard InChI is InChI=1S/C25H18ClFN4OS/c1-33-25-29-24-28-21-17-13-15(26)11-12-19(17)32-23(14-7-3-2-4-8-14)20(21)22(31(24)30-25)16-9-5-6-10-18(16)27/h2-13,22-23H,1H3,(H,28,29,30)/t22-,23-/m0/s1. The van der Waals surface area contributed by atoms with Gasteiger partial charge in [-0.05, 0) is 36.1 Å². The van der Waals surface area contributed by atoms with E-state index in [0.29, 0.717) is 27.4 Å². The molecule has 1 aromatic heterocycles. The van der Waals surface area contributed by atoms with Crippen molar-refractivity contribution in [2.45, 2.75) is 17.3 Å². The van der Waals surface area contributed by atoms with Crippen molar-refractivity contribution in [3.8, 4) is 5.75 Å². The highest BCUT2D eigenvalue weighted by Gasteiger charge is 2.42. The zero-order chi connectivity index (χ0) is 22.5. The van der Waals surface area contributed by atoms with Crippen molar-refractivity contribution in [2.75, 3.05) is 11.6 Å². The van der Waals surface area contributed by atoms with Gasteiger partial charge in [0.25, 0.3) is 0 Å². The van der Waals surface area contributed by atoms with Gasteiger partial charge in [-0.2, -0.15) is 4.98 Å². The summed E-state index contributed by atoms with van der Waals surface area (Å²) in [6.07, 6.45) is 1.46. The number of aromatic nitrogens is 3. The molecule has 2 aliphatic heterocycles. The summed E-state index contributed by atoms with van der Waals surface area (Å²) in [5, 5.41) is 9.32.